The maximum atomic E-state index is 13.7. The first-order chi connectivity index (χ1) is 12.0. The minimum atomic E-state index is -0.836. The van der Waals surface area contributed by atoms with Gasteiger partial charge in [0.05, 0.1) is 24.6 Å². The highest BCUT2D eigenvalue weighted by Crippen LogP contribution is 2.21. The number of β-amino-alcohol motifs (C(OH)–C–C–N with tert-alkyl or cyclic N) is 1. The van der Waals surface area contributed by atoms with E-state index in [2.05, 4.69) is 10.6 Å². The molecular weight excluding hydrogens is 329 g/mol. The van der Waals surface area contributed by atoms with Crippen LogP contribution >= 0.6 is 0 Å². The molecule has 132 valence electrons. The van der Waals surface area contributed by atoms with Gasteiger partial charge in [-0.3, -0.25) is 4.79 Å². The molecule has 0 saturated carbocycles. The summed E-state index contributed by atoms with van der Waals surface area (Å²) in [6.07, 6.45) is 0.801. The van der Waals surface area contributed by atoms with E-state index in [1.54, 1.807) is 18.2 Å². The van der Waals surface area contributed by atoms with Crippen molar-refractivity contribution in [1.29, 1.82) is 0 Å². The molecule has 2 heterocycles. The van der Waals surface area contributed by atoms with Crippen LogP contribution in [-0.4, -0.2) is 40.6 Å². The van der Waals surface area contributed by atoms with Gasteiger partial charge in [-0.1, -0.05) is 12.1 Å². The first-order valence-electron chi connectivity index (χ1n) is 7.85. The maximum Gasteiger partial charge on any atom is 0.322 e. The van der Waals surface area contributed by atoms with Crippen molar-refractivity contribution in [3.8, 4) is 0 Å². The second-order valence-electron chi connectivity index (χ2n) is 5.76. The standard InChI is InChI=1S/C17H18FN3O4/c18-13-5-1-2-6-14(13)20-17(24)21-10-11(22)8-15(21)16(23)19-9-12-4-3-7-25-12/h1-7,11,15,22H,8-10H2,(H,19,23)(H,20,24)/t11-,15-/m0/s1. The summed E-state index contributed by atoms with van der Waals surface area (Å²) in [5.74, 6) is -0.402. The summed E-state index contributed by atoms with van der Waals surface area (Å²) in [6.45, 7) is 0.181. The molecule has 8 heteroatoms. The summed E-state index contributed by atoms with van der Waals surface area (Å²) in [4.78, 5) is 26.0. The lowest BCUT2D eigenvalue weighted by molar-refractivity contribution is -0.125. The predicted molar refractivity (Wildman–Crippen MR) is 87.1 cm³/mol. The molecule has 0 unspecified atom stereocenters. The lowest BCUT2D eigenvalue weighted by Crippen LogP contribution is -2.47. The predicted octanol–water partition coefficient (Wildman–Crippen LogP) is 1.70. The highest BCUT2D eigenvalue weighted by atomic mass is 19.1. The number of benzene rings is 1. The third-order valence-electron chi connectivity index (χ3n) is 3.97. The highest BCUT2D eigenvalue weighted by molar-refractivity contribution is 5.94. The molecule has 1 aromatic carbocycles. The molecule has 3 N–H and O–H groups in total. The van der Waals surface area contributed by atoms with Crippen LogP contribution in [0.3, 0.4) is 0 Å². The second-order valence-corrected chi connectivity index (χ2v) is 5.76. The number of halogens is 1. The first-order valence-corrected chi connectivity index (χ1v) is 7.85. The van der Waals surface area contributed by atoms with Crippen LogP contribution in [0, 0.1) is 5.82 Å². The zero-order valence-electron chi connectivity index (χ0n) is 13.3. The molecule has 25 heavy (non-hydrogen) atoms. The SMILES string of the molecule is O=C(NCc1ccco1)[C@@H]1C[C@H](O)CN1C(=O)Nc1ccccc1F. The van der Waals surface area contributed by atoms with Gasteiger partial charge in [-0.15, -0.1) is 0 Å². The number of likely N-dealkylation sites (tertiary alicyclic amines) is 1. The monoisotopic (exact) mass is 347 g/mol. The maximum absolute atomic E-state index is 13.7. The molecule has 1 aliphatic heterocycles. The number of hydrogen-bond acceptors (Lipinski definition) is 4. The van der Waals surface area contributed by atoms with Crippen LogP contribution in [0.4, 0.5) is 14.9 Å². The van der Waals surface area contributed by atoms with Crippen molar-refractivity contribution >= 4 is 17.6 Å². The zero-order chi connectivity index (χ0) is 17.8. The zero-order valence-corrected chi connectivity index (χ0v) is 13.3. The van der Waals surface area contributed by atoms with Crippen molar-refractivity contribution in [1.82, 2.24) is 10.2 Å². The van der Waals surface area contributed by atoms with Crippen LogP contribution in [-0.2, 0) is 11.3 Å². The van der Waals surface area contributed by atoms with Gasteiger partial charge in [-0.2, -0.15) is 0 Å². The largest absolute Gasteiger partial charge is 0.467 e. The van der Waals surface area contributed by atoms with Crippen molar-refractivity contribution in [3.63, 3.8) is 0 Å². The molecule has 3 rings (SSSR count). The number of amides is 3. The smallest absolute Gasteiger partial charge is 0.322 e. The number of anilines is 1. The van der Waals surface area contributed by atoms with E-state index >= 15 is 0 Å². The number of carbonyl (C=O) groups is 2. The fourth-order valence-corrected chi connectivity index (χ4v) is 2.74. The van der Waals surface area contributed by atoms with E-state index < -0.39 is 29.9 Å². The number of rotatable bonds is 4. The molecule has 1 aromatic heterocycles. The number of aliphatic hydroxyl groups is 1. The van der Waals surface area contributed by atoms with Crippen molar-refractivity contribution in [3.05, 3.63) is 54.2 Å². The third kappa shape index (κ3) is 3.97. The van der Waals surface area contributed by atoms with E-state index in [-0.39, 0.29) is 25.2 Å². The van der Waals surface area contributed by atoms with E-state index in [9.17, 15) is 19.1 Å². The van der Waals surface area contributed by atoms with Gasteiger partial charge < -0.3 is 25.1 Å². The molecule has 2 aromatic rings. The van der Waals surface area contributed by atoms with Gasteiger partial charge in [0.15, 0.2) is 0 Å². The minimum Gasteiger partial charge on any atom is -0.467 e. The number of hydrogen-bond donors (Lipinski definition) is 3. The van der Waals surface area contributed by atoms with Gasteiger partial charge in [0.2, 0.25) is 5.91 Å². The Balaban J connectivity index is 1.65. The lowest BCUT2D eigenvalue weighted by atomic mass is 10.2. The average Bonchev–Trinajstić information content (AvgIpc) is 3.24. The number of carbonyl (C=O) groups excluding carboxylic acids is 2. The fourth-order valence-electron chi connectivity index (χ4n) is 2.74. The number of furan rings is 1. The molecule has 1 aliphatic rings. The summed E-state index contributed by atoms with van der Waals surface area (Å²) in [7, 11) is 0. The van der Waals surface area contributed by atoms with Crippen LogP contribution in [0.2, 0.25) is 0 Å². The Bertz CT molecular complexity index is 750. The number of urea groups is 1. The van der Waals surface area contributed by atoms with E-state index in [0.29, 0.717) is 5.76 Å². The fraction of sp³-hybridized carbons (Fsp3) is 0.294. The van der Waals surface area contributed by atoms with E-state index in [1.165, 1.54) is 29.4 Å². The van der Waals surface area contributed by atoms with E-state index in [4.69, 9.17) is 4.42 Å². The molecular formula is C17H18FN3O4. The van der Waals surface area contributed by atoms with Crippen molar-refractivity contribution in [2.45, 2.75) is 25.1 Å². The quantitative estimate of drug-likeness (QED) is 0.785. The molecule has 0 radical (unpaired) electrons. The van der Waals surface area contributed by atoms with Crippen LogP contribution in [0.25, 0.3) is 0 Å². The molecule has 0 spiro atoms. The van der Waals surface area contributed by atoms with Crippen LogP contribution in [0.15, 0.2) is 47.1 Å². The lowest BCUT2D eigenvalue weighted by Gasteiger charge is -2.24. The van der Waals surface area contributed by atoms with Crippen molar-refractivity contribution < 1.29 is 23.5 Å². The molecule has 1 saturated heterocycles. The molecule has 7 nitrogen and oxygen atoms in total. The molecule has 2 atom stereocenters. The van der Waals surface area contributed by atoms with Gasteiger partial charge in [-0.25, -0.2) is 9.18 Å². The summed E-state index contributed by atoms with van der Waals surface area (Å²) >= 11 is 0. The topological polar surface area (TPSA) is 94.8 Å². The molecule has 0 aliphatic carbocycles. The minimum absolute atomic E-state index is 0.000868. The van der Waals surface area contributed by atoms with Gasteiger partial charge in [-0.05, 0) is 24.3 Å². The van der Waals surface area contributed by atoms with E-state index in [1.807, 2.05) is 0 Å². The van der Waals surface area contributed by atoms with Crippen LogP contribution < -0.4 is 10.6 Å². The highest BCUT2D eigenvalue weighted by Gasteiger charge is 2.39. The molecule has 0 bridgehead atoms. The van der Waals surface area contributed by atoms with Crippen molar-refractivity contribution in [2.24, 2.45) is 0 Å². The Morgan fingerprint density at radius 1 is 1.28 bits per heavy atom. The first kappa shape index (κ1) is 17.0. The third-order valence-corrected chi connectivity index (χ3v) is 3.97. The number of aliphatic hydroxyl groups excluding tert-OH is 1. The van der Waals surface area contributed by atoms with Crippen LogP contribution in [0.5, 0.6) is 0 Å². The number of nitrogens with zero attached hydrogens (tertiary/aromatic N) is 1. The molecule has 3 amide bonds. The summed E-state index contributed by atoms with van der Waals surface area (Å²) in [5, 5.41) is 14.9. The molecule has 1 fully saturated rings. The Kier molecular flexibility index (Phi) is 4.99. The summed E-state index contributed by atoms with van der Waals surface area (Å²) < 4.78 is 18.8. The Labute approximate surface area is 143 Å². The Morgan fingerprint density at radius 3 is 2.80 bits per heavy atom. The van der Waals surface area contributed by atoms with Gasteiger partial charge >= 0.3 is 6.03 Å². The van der Waals surface area contributed by atoms with Gasteiger partial charge in [0, 0.05) is 13.0 Å². The van der Waals surface area contributed by atoms with E-state index in [0.717, 1.165) is 0 Å². The number of nitrogens with one attached hydrogen (secondary N) is 2. The number of para-hydroxylation sites is 1. The normalized spacial score (nSPS) is 19.7. The van der Waals surface area contributed by atoms with Crippen LogP contribution in [0.1, 0.15) is 12.2 Å². The van der Waals surface area contributed by atoms with Gasteiger partial charge in [0.1, 0.15) is 17.6 Å². The summed E-state index contributed by atoms with van der Waals surface area (Å²) in [5.41, 5.74) is 0.0173. The Morgan fingerprint density at radius 2 is 2.08 bits per heavy atom. The second kappa shape index (κ2) is 7.35. The average molecular weight is 347 g/mol. The Hall–Kier alpha value is -2.87. The van der Waals surface area contributed by atoms with Crippen molar-refractivity contribution in [2.75, 3.05) is 11.9 Å². The summed E-state index contributed by atoms with van der Waals surface area (Å²) in [6, 6.07) is 7.69. The van der Waals surface area contributed by atoms with Gasteiger partial charge in [0.25, 0.3) is 0 Å².